The molecule has 18 heavy (non-hydrogen) atoms. The highest BCUT2D eigenvalue weighted by atomic mass is 19.1. The van der Waals surface area contributed by atoms with Crippen LogP contribution >= 0.6 is 0 Å². The average Bonchev–Trinajstić information content (AvgIpc) is 2.78. The molecule has 0 aliphatic heterocycles. The molecule has 1 aromatic carbocycles. The number of methoxy groups -OCH3 is 1. The molecule has 1 heterocycles. The Kier molecular flexibility index (Phi) is 3.07. The molecule has 0 N–H and O–H groups in total. The summed E-state index contributed by atoms with van der Waals surface area (Å²) in [5, 5.41) is 4.16. The van der Waals surface area contributed by atoms with Gasteiger partial charge in [-0.05, 0) is 32.9 Å². The maximum atomic E-state index is 14.2. The lowest BCUT2D eigenvalue weighted by Crippen LogP contribution is -2.24. The Morgan fingerprint density at radius 3 is 2.61 bits per heavy atom. The SMILES string of the molecule is COc1cccc(-c2ncnn2C(C)(C)C)c1F. The summed E-state index contributed by atoms with van der Waals surface area (Å²) in [6.07, 6.45) is 1.43. The van der Waals surface area contributed by atoms with Gasteiger partial charge in [0.2, 0.25) is 0 Å². The Hall–Kier alpha value is -1.91. The van der Waals surface area contributed by atoms with Crippen molar-refractivity contribution in [2.24, 2.45) is 0 Å². The lowest BCUT2D eigenvalue weighted by Gasteiger charge is -2.21. The zero-order valence-electron chi connectivity index (χ0n) is 10.9. The number of nitrogens with zero attached hydrogens (tertiary/aromatic N) is 3. The number of rotatable bonds is 2. The van der Waals surface area contributed by atoms with E-state index in [2.05, 4.69) is 10.1 Å². The molecule has 2 rings (SSSR count). The van der Waals surface area contributed by atoms with E-state index < -0.39 is 5.82 Å². The van der Waals surface area contributed by atoms with Gasteiger partial charge in [-0.3, -0.25) is 0 Å². The molecule has 96 valence electrons. The van der Waals surface area contributed by atoms with Crippen LogP contribution in [0.4, 0.5) is 4.39 Å². The van der Waals surface area contributed by atoms with Crippen LogP contribution in [0.3, 0.4) is 0 Å². The molecule has 0 atom stereocenters. The Labute approximate surface area is 105 Å². The third-order valence-corrected chi connectivity index (χ3v) is 2.61. The van der Waals surface area contributed by atoms with Gasteiger partial charge in [0, 0.05) is 0 Å². The van der Waals surface area contributed by atoms with E-state index in [1.807, 2.05) is 20.8 Å². The summed E-state index contributed by atoms with van der Waals surface area (Å²) in [5.74, 6) is 0.286. The van der Waals surface area contributed by atoms with Gasteiger partial charge in [-0.25, -0.2) is 14.1 Å². The lowest BCUT2D eigenvalue weighted by atomic mass is 10.1. The lowest BCUT2D eigenvalue weighted by molar-refractivity contribution is 0.357. The van der Waals surface area contributed by atoms with Crippen LogP contribution in [0.2, 0.25) is 0 Å². The second-order valence-electron chi connectivity index (χ2n) is 4.99. The molecule has 0 fully saturated rings. The molecular formula is C13H16FN3O. The number of hydrogen-bond acceptors (Lipinski definition) is 3. The molecule has 0 amide bonds. The van der Waals surface area contributed by atoms with Crippen LogP contribution in [0.15, 0.2) is 24.5 Å². The van der Waals surface area contributed by atoms with Crippen molar-refractivity contribution >= 4 is 0 Å². The van der Waals surface area contributed by atoms with Gasteiger partial charge in [-0.1, -0.05) is 6.07 Å². The molecule has 4 nitrogen and oxygen atoms in total. The molecule has 0 unspecified atom stereocenters. The number of benzene rings is 1. The fourth-order valence-electron chi connectivity index (χ4n) is 1.76. The minimum atomic E-state index is -0.418. The van der Waals surface area contributed by atoms with E-state index >= 15 is 0 Å². The van der Waals surface area contributed by atoms with Crippen molar-refractivity contribution in [3.63, 3.8) is 0 Å². The van der Waals surface area contributed by atoms with Crippen molar-refractivity contribution < 1.29 is 9.13 Å². The normalized spacial score (nSPS) is 11.6. The highest BCUT2D eigenvalue weighted by molar-refractivity contribution is 5.59. The predicted molar refractivity (Wildman–Crippen MR) is 67.0 cm³/mol. The summed E-state index contributed by atoms with van der Waals surface area (Å²) in [6.45, 7) is 5.97. The van der Waals surface area contributed by atoms with Crippen LogP contribution in [-0.4, -0.2) is 21.9 Å². The standard InChI is InChI=1S/C13H16FN3O/c1-13(2,3)17-12(15-8-16-17)9-6-5-7-10(18-4)11(9)14/h5-8H,1-4H3. The summed E-state index contributed by atoms with van der Waals surface area (Å²) in [6, 6.07) is 4.99. The molecular weight excluding hydrogens is 233 g/mol. The van der Waals surface area contributed by atoms with Crippen LogP contribution in [0.1, 0.15) is 20.8 Å². The largest absolute Gasteiger partial charge is 0.494 e. The van der Waals surface area contributed by atoms with Crippen molar-refractivity contribution in [1.29, 1.82) is 0 Å². The number of halogens is 1. The Balaban J connectivity index is 2.60. The Morgan fingerprint density at radius 1 is 1.28 bits per heavy atom. The molecule has 2 aromatic rings. The second-order valence-corrected chi connectivity index (χ2v) is 4.99. The van der Waals surface area contributed by atoms with E-state index in [4.69, 9.17) is 4.74 Å². The van der Waals surface area contributed by atoms with Crippen molar-refractivity contribution in [2.75, 3.05) is 7.11 Å². The summed E-state index contributed by atoms with van der Waals surface area (Å²) < 4.78 is 20.9. The van der Waals surface area contributed by atoms with Crippen LogP contribution in [0.5, 0.6) is 5.75 Å². The zero-order chi connectivity index (χ0) is 13.3. The van der Waals surface area contributed by atoms with Gasteiger partial charge in [-0.15, -0.1) is 0 Å². The molecule has 0 aliphatic rings. The zero-order valence-corrected chi connectivity index (χ0v) is 10.9. The molecule has 0 aliphatic carbocycles. The Bertz CT molecular complexity index is 558. The van der Waals surface area contributed by atoms with Gasteiger partial charge in [0.05, 0.1) is 18.2 Å². The van der Waals surface area contributed by atoms with Crippen LogP contribution < -0.4 is 4.74 Å². The van der Waals surface area contributed by atoms with E-state index in [0.717, 1.165) is 0 Å². The average molecular weight is 249 g/mol. The third kappa shape index (κ3) is 2.08. The van der Waals surface area contributed by atoms with Gasteiger partial charge in [0.1, 0.15) is 6.33 Å². The first-order chi connectivity index (χ1) is 8.45. The Morgan fingerprint density at radius 2 is 2.00 bits per heavy atom. The maximum Gasteiger partial charge on any atom is 0.176 e. The van der Waals surface area contributed by atoms with E-state index in [0.29, 0.717) is 11.4 Å². The van der Waals surface area contributed by atoms with Gasteiger partial charge in [0.25, 0.3) is 0 Å². The monoisotopic (exact) mass is 249 g/mol. The first-order valence-electron chi connectivity index (χ1n) is 5.68. The highest BCUT2D eigenvalue weighted by Crippen LogP contribution is 2.29. The van der Waals surface area contributed by atoms with E-state index in [9.17, 15) is 4.39 Å². The van der Waals surface area contributed by atoms with Crippen LogP contribution in [-0.2, 0) is 5.54 Å². The number of hydrogen-bond donors (Lipinski definition) is 0. The van der Waals surface area contributed by atoms with Gasteiger partial charge in [0.15, 0.2) is 17.4 Å². The van der Waals surface area contributed by atoms with Gasteiger partial charge < -0.3 is 4.74 Å². The molecule has 0 bridgehead atoms. The van der Waals surface area contributed by atoms with Crippen LogP contribution in [0.25, 0.3) is 11.4 Å². The fourth-order valence-corrected chi connectivity index (χ4v) is 1.76. The summed E-state index contributed by atoms with van der Waals surface area (Å²) in [4.78, 5) is 4.15. The van der Waals surface area contributed by atoms with Gasteiger partial charge >= 0.3 is 0 Å². The summed E-state index contributed by atoms with van der Waals surface area (Å²) >= 11 is 0. The van der Waals surface area contributed by atoms with Crippen molar-refractivity contribution in [2.45, 2.75) is 26.3 Å². The molecule has 1 aromatic heterocycles. The highest BCUT2D eigenvalue weighted by Gasteiger charge is 2.22. The summed E-state index contributed by atoms with van der Waals surface area (Å²) in [7, 11) is 1.44. The van der Waals surface area contributed by atoms with E-state index in [-0.39, 0.29) is 11.3 Å². The van der Waals surface area contributed by atoms with Crippen molar-refractivity contribution in [1.82, 2.24) is 14.8 Å². The van der Waals surface area contributed by atoms with Crippen molar-refractivity contribution in [3.8, 4) is 17.1 Å². The summed E-state index contributed by atoms with van der Waals surface area (Å²) in [5.41, 5.74) is 0.128. The quantitative estimate of drug-likeness (QED) is 0.821. The van der Waals surface area contributed by atoms with Crippen LogP contribution in [0, 0.1) is 5.82 Å². The predicted octanol–water partition coefficient (Wildman–Crippen LogP) is 2.85. The van der Waals surface area contributed by atoms with Gasteiger partial charge in [-0.2, -0.15) is 5.10 Å². The first kappa shape index (κ1) is 12.5. The van der Waals surface area contributed by atoms with E-state index in [1.54, 1.807) is 22.9 Å². The van der Waals surface area contributed by atoms with E-state index in [1.165, 1.54) is 13.4 Å². The first-order valence-corrected chi connectivity index (χ1v) is 5.68. The molecule has 0 radical (unpaired) electrons. The van der Waals surface area contributed by atoms with Crippen molar-refractivity contribution in [3.05, 3.63) is 30.3 Å². The molecule has 0 spiro atoms. The molecule has 0 saturated heterocycles. The third-order valence-electron chi connectivity index (χ3n) is 2.61. The fraction of sp³-hybridized carbons (Fsp3) is 0.385. The number of aromatic nitrogens is 3. The minimum Gasteiger partial charge on any atom is -0.494 e. The molecule has 0 saturated carbocycles. The smallest absolute Gasteiger partial charge is 0.176 e. The minimum absolute atomic E-state index is 0.205. The second kappa shape index (κ2) is 4.40. The topological polar surface area (TPSA) is 39.9 Å². The number of ether oxygens (including phenoxy) is 1. The molecule has 5 heteroatoms. The maximum absolute atomic E-state index is 14.2.